The SMILES string of the molecule is COC(=O)c1ccccc1NC(=O)CN1CCCC1C1CCCN1Cc1ccccc1. The van der Waals surface area contributed by atoms with E-state index < -0.39 is 5.97 Å². The minimum absolute atomic E-state index is 0.0872. The van der Waals surface area contributed by atoms with Crippen molar-refractivity contribution in [1.82, 2.24) is 9.80 Å². The third-order valence-corrected chi connectivity index (χ3v) is 6.45. The van der Waals surface area contributed by atoms with Gasteiger partial charge in [0.05, 0.1) is 24.9 Å². The Morgan fingerprint density at radius 1 is 0.935 bits per heavy atom. The summed E-state index contributed by atoms with van der Waals surface area (Å²) in [5, 5.41) is 2.92. The molecule has 2 fully saturated rings. The minimum atomic E-state index is -0.447. The maximum atomic E-state index is 12.8. The van der Waals surface area contributed by atoms with E-state index in [4.69, 9.17) is 4.74 Å². The summed E-state index contributed by atoms with van der Waals surface area (Å²) in [4.78, 5) is 29.7. The molecule has 4 rings (SSSR count). The van der Waals surface area contributed by atoms with Crippen LogP contribution in [0.5, 0.6) is 0 Å². The second kappa shape index (κ2) is 10.1. The van der Waals surface area contributed by atoms with Gasteiger partial charge in [0, 0.05) is 18.6 Å². The molecule has 6 heteroatoms. The third kappa shape index (κ3) is 5.14. The van der Waals surface area contributed by atoms with Gasteiger partial charge in [0.25, 0.3) is 0 Å². The Hall–Kier alpha value is -2.70. The Bertz CT molecular complexity index is 902. The maximum absolute atomic E-state index is 12.8. The average molecular weight is 422 g/mol. The quantitative estimate of drug-likeness (QED) is 0.693. The monoisotopic (exact) mass is 421 g/mol. The molecule has 0 spiro atoms. The molecular weight excluding hydrogens is 390 g/mol. The number of carbonyl (C=O) groups excluding carboxylic acids is 2. The number of likely N-dealkylation sites (tertiary alicyclic amines) is 2. The lowest BCUT2D eigenvalue weighted by Crippen LogP contribution is -2.48. The first-order valence-electron chi connectivity index (χ1n) is 11.1. The van der Waals surface area contributed by atoms with Crippen molar-refractivity contribution in [3.8, 4) is 0 Å². The minimum Gasteiger partial charge on any atom is -0.465 e. The number of carbonyl (C=O) groups is 2. The molecule has 2 unspecified atom stereocenters. The summed E-state index contributed by atoms with van der Waals surface area (Å²) in [6, 6.07) is 18.5. The van der Waals surface area contributed by atoms with E-state index in [0.717, 1.165) is 32.5 Å². The molecule has 2 aromatic rings. The van der Waals surface area contributed by atoms with E-state index in [9.17, 15) is 9.59 Å². The Morgan fingerprint density at radius 3 is 2.32 bits per heavy atom. The molecule has 2 aromatic carbocycles. The number of rotatable bonds is 7. The Balaban J connectivity index is 1.40. The van der Waals surface area contributed by atoms with Gasteiger partial charge < -0.3 is 10.1 Å². The highest BCUT2D eigenvalue weighted by Crippen LogP contribution is 2.31. The number of amides is 1. The topological polar surface area (TPSA) is 61.9 Å². The van der Waals surface area contributed by atoms with E-state index in [2.05, 4.69) is 45.4 Å². The van der Waals surface area contributed by atoms with E-state index in [-0.39, 0.29) is 5.91 Å². The average Bonchev–Trinajstić information content (AvgIpc) is 3.43. The largest absolute Gasteiger partial charge is 0.465 e. The van der Waals surface area contributed by atoms with Gasteiger partial charge in [-0.05, 0) is 56.5 Å². The van der Waals surface area contributed by atoms with Gasteiger partial charge in [-0.3, -0.25) is 14.6 Å². The molecule has 0 saturated carbocycles. The maximum Gasteiger partial charge on any atom is 0.339 e. The van der Waals surface area contributed by atoms with Crippen LogP contribution in [-0.4, -0.2) is 60.5 Å². The summed E-state index contributed by atoms with van der Waals surface area (Å²) in [6.07, 6.45) is 4.63. The van der Waals surface area contributed by atoms with Crippen molar-refractivity contribution < 1.29 is 14.3 Å². The number of para-hydroxylation sites is 1. The lowest BCUT2D eigenvalue weighted by Gasteiger charge is -2.35. The predicted octanol–water partition coefficient (Wildman–Crippen LogP) is 3.54. The summed E-state index contributed by atoms with van der Waals surface area (Å²) >= 11 is 0. The van der Waals surface area contributed by atoms with E-state index in [0.29, 0.717) is 29.9 Å². The molecule has 1 N–H and O–H groups in total. The number of nitrogens with one attached hydrogen (secondary N) is 1. The van der Waals surface area contributed by atoms with Crippen LogP contribution in [0.15, 0.2) is 54.6 Å². The Morgan fingerprint density at radius 2 is 1.58 bits per heavy atom. The van der Waals surface area contributed by atoms with Crippen LogP contribution in [0.3, 0.4) is 0 Å². The highest BCUT2D eigenvalue weighted by atomic mass is 16.5. The first-order chi connectivity index (χ1) is 15.2. The van der Waals surface area contributed by atoms with Gasteiger partial charge in [0.15, 0.2) is 0 Å². The summed E-state index contributed by atoms with van der Waals surface area (Å²) in [5.74, 6) is -0.534. The van der Waals surface area contributed by atoms with Gasteiger partial charge in [-0.25, -0.2) is 4.79 Å². The molecule has 2 saturated heterocycles. The molecule has 2 atom stereocenters. The number of hydrogen-bond acceptors (Lipinski definition) is 5. The lowest BCUT2D eigenvalue weighted by molar-refractivity contribution is -0.117. The van der Waals surface area contributed by atoms with Gasteiger partial charge in [0.2, 0.25) is 5.91 Å². The van der Waals surface area contributed by atoms with Crippen LogP contribution in [0.1, 0.15) is 41.6 Å². The fourth-order valence-corrected chi connectivity index (χ4v) is 5.04. The van der Waals surface area contributed by atoms with Crippen molar-refractivity contribution in [2.24, 2.45) is 0 Å². The number of methoxy groups -OCH3 is 1. The molecule has 0 radical (unpaired) electrons. The molecule has 164 valence electrons. The van der Waals surface area contributed by atoms with Crippen molar-refractivity contribution in [1.29, 1.82) is 0 Å². The van der Waals surface area contributed by atoms with E-state index in [1.807, 2.05) is 0 Å². The summed E-state index contributed by atoms with van der Waals surface area (Å²) < 4.78 is 4.83. The zero-order valence-electron chi connectivity index (χ0n) is 18.1. The van der Waals surface area contributed by atoms with Crippen LogP contribution in [0.4, 0.5) is 5.69 Å². The number of esters is 1. The zero-order chi connectivity index (χ0) is 21.6. The fraction of sp³-hybridized carbons (Fsp3) is 0.440. The second-order valence-corrected chi connectivity index (χ2v) is 8.43. The predicted molar refractivity (Wildman–Crippen MR) is 121 cm³/mol. The lowest BCUT2D eigenvalue weighted by atomic mass is 10.0. The van der Waals surface area contributed by atoms with Crippen LogP contribution in [0.2, 0.25) is 0 Å². The van der Waals surface area contributed by atoms with Gasteiger partial charge >= 0.3 is 5.97 Å². The van der Waals surface area contributed by atoms with Gasteiger partial charge in [-0.15, -0.1) is 0 Å². The number of benzene rings is 2. The van der Waals surface area contributed by atoms with Crippen molar-refractivity contribution in [2.75, 3.05) is 32.1 Å². The highest BCUT2D eigenvalue weighted by Gasteiger charge is 2.38. The van der Waals surface area contributed by atoms with Crippen LogP contribution >= 0.6 is 0 Å². The third-order valence-electron chi connectivity index (χ3n) is 6.45. The van der Waals surface area contributed by atoms with Crippen LogP contribution in [-0.2, 0) is 16.1 Å². The molecule has 0 aliphatic carbocycles. The smallest absolute Gasteiger partial charge is 0.339 e. The van der Waals surface area contributed by atoms with Crippen LogP contribution < -0.4 is 5.32 Å². The van der Waals surface area contributed by atoms with Gasteiger partial charge in [-0.1, -0.05) is 42.5 Å². The van der Waals surface area contributed by atoms with Crippen LogP contribution in [0.25, 0.3) is 0 Å². The van der Waals surface area contributed by atoms with Crippen LogP contribution in [0, 0.1) is 0 Å². The zero-order valence-corrected chi connectivity index (χ0v) is 18.1. The number of hydrogen-bond donors (Lipinski definition) is 1. The molecule has 2 aliphatic heterocycles. The second-order valence-electron chi connectivity index (χ2n) is 8.43. The molecular formula is C25H31N3O3. The number of nitrogens with zero attached hydrogens (tertiary/aromatic N) is 2. The van der Waals surface area contributed by atoms with Crippen molar-refractivity contribution in [3.05, 3.63) is 65.7 Å². The molecule has 1 amide bonds. The van der Waals surface area contributed by atoms with Gasteiger partial charge in [0.1, 0.15) is 0 Å². The highest BCUT2D eigenvalue weighted by molar-refractivity contribution is 6.01. The first kappa shape index (κ1) is 21.5. The van der Waals surface area contributed by atoms with E-state index in [1.165, 1.54) is 25.5 Å². The normalized spacial score (nSPS) is 21.8. The first-order valence-corrected chi connectivity index (χ1v) is 11.1. The molecule has 31 heavy (non-hydrogen) atoms. The van der Waals surface area contributed by atoms with Gasteiger partial charge in [-0.2, -0.15) is 0 Å². The number of ether oxygens (including phenoxy) is 1. The Kier molecular flexibility index (Phi) is 6.99. The van der Waals surface area contributed by atoms with Crippen molar-refractivity contribution >= 4 is 17.6 Å². The molecule has 2 heterocycles. The molecule has 0 bridgehead atoms. The summed E-state index contributed by atoms with van der Waals surface area (Å²) in [5.41, 5.74) is 2.22. The standard InChI is InChI=1S/C25H31N3O3/c1-31-25(30)20-11-5-6-12-21(20)26-24(29)18-28-16-8-14-23(28)22-13-7-15-27(22)17-19-9-3-2-4-10-19/h2-6,9-12,22-23H,7-8,13-18H2,1H3,(H,26,29). The Labute approximate surface area is 184 Å². The summed E-state index contributed by atoms with van der Waals surface area (Å²) in [6.45, 7) is 3.36. The molecule has 2 aliphatic rings. The number of anilines is 1. The van der Waals surface area contributed by atoms with E-state index >= 15 is 0 Å². The van der Waals surface area contributed by atoms with Crippen molar-refractivity contribution in [3.63, 3.8) is 0 Å². The fourth-order valence-electron chi connectivity index (χ4n) is 5.04. The summed E-state index contributed by atoms with van der Waals surface area (Å²) in [7, 11) is 1.35. The molecule has 6 nitrogen and oxygen atoms in total. The molecule has 0 aromatic heterocycles. The van der Waals surface area contributed by atoms with E-state index in [1.54, 1.807) is 24.3 Å². The van der Waals surface area contributed by atoms with Crippen molar-refractivity contribution in [2.45, 2.75) is 44.3 Å².